The van der Waals surface area contributed by atoms with Crippen LogP contribution in [0.2, 0.25) is 0 Å². The van der Waals surface area contributed by atoms with Crippen LogP contribution in [0.1, 0.15) is 79.6 Å². The number of hydrogen-bond donors (Lipinski definition) is 3. The highest BCUT2D eigenvalue weighted by molar-refractivity contribution is 5.38. The summed E-state index contributed by atoms with van der Waals surface area (Å²) in [6, 6.07) is 0. The Bertz CT molecular complexity index is 753. The van der Waals surface area contributed by atoms with Crippen LogP contribution in [-0.4, -0.2) is 33.1 Å². The van der Waals surface area contributed by atoms with Gasteiger partial charge in [-0.25, -0.2) is 0 Å². The van der Waals surface area contributed by atoms with Gasteiger partial charge in [0.25, 0.3) is 0 Å². The van der Waals surface area contributed by atoms with Crippen molar-refractivity contribution in [1.29, 1.82) is 0 Å². The second kappa shape index (κ2) is 9.37. The summed E-state index contributed by atoms with van der Waals surface area (Å²) in [5.74, 6) is 1.91. The smallest absolute Gasteiger partial charge is 0.0811 e. The summed E-state index contributed by atoms with van der Waals surface area (Å²) in [7, 11) is 0. The quantitative estimate of drug-likeness (QED) is 0.490. The van der Waals surface area contributed by atoms with Crippen molar-refractivity contribution in [3.05, 3.63) is 47.6 Å². The van der Waals surface area contributed by atoms with Gasteiger partial charge in [0.2, 0.25) is 0 Å². The maximum Gasteiger partial charge on any atom is 0.0811 e. The van der Waals surface area contributed by atoms with Crippen molar-refractivity contribution >= 4 is 0 Å². The number of allylic oxidation sites excluding steroid dienone is 4. The molecule has 3 aliphatic rings. The fourth-order valence-electron chi connectivity index (χ4n) is 6.32. The maximum atomic E-state index is 10.3. The van der Waals surface area contributed by atoms with Crippen LogP contribution < -0.4 is 0 Å². The molecular formula is C28H44O3. The summed E-state index contributed by atoms with van der Waals surface area (Å²) in [6.07, 6.45) is 15.0. The van der Waals surface area contributed by atoms with Crippen LogP contribution in [0.3, 0.4) is 0 Å². The first kappa shape index (κ1) is 24.5. The Balaban J connectivity index is 1.76. The van der Waals surface area contributed by atoms with Crippen molar-refractivity contribution in [1.82, 2.24) is 0 Å². The van der Waals surface area contributed by atoms with E-state index < -0.39 is 17.8 Å². The zero-order valence-electron chi connectivity index (χ0n) is 20.3. The fraction of sp³-hybridized carbons (Fsp3) is 0.714. The minimum absolute atomic E-state index is 0.141. The minimum atomic E-state index is -0.684. The van der Waals surface area contributed by atoms with E-state index in [-0.39, 0.29) is 5.92 Å². The first-order chi connectivity index (χ1) is 14.4. The van der Waals surface area contributed by atoms with E-state index in [9.17, 15) is 15.3 Å². The molecule has 0 saturated heterocycles. The van der Waals surface area contributed by atoms with Gasteiger partial charge in [-0.15, -0.1) is 0 Å². The highest BCUT2D eigenvalue weighted by Gasteiger charge is 2.50. The molecule has 3 rings (SSSR count). The van der Waals surface area contributed by atoms with Gasteiger partial charge in [-0.2, -0.15) is 0 Å². The first-order valence-corrected chi connectivity index (χ1v) is 12.3. The molecule has 0 aliphatic heterocycles. The maximum absolute atomic E-state index is 10.3. The van der Waals surface area contributed by atoms with E-state index in [1.165, 1.54) is 31.3 Å². The minimum Gasteiger partial charge on any atom is -0.393 e. The number of hydrogen-bond acceptors (Lipinski definition) is 3. The van der Waals surface area contributed by atoms with Gasteiger partial charge >= 0.3 is 0 Å². The molecule has 174 valence electrons. The van der Waals surface area contributed by atoms with Gasteiger partial charge in [-0.3, -0.25) is 0 Å². The van der Waals surface area contributed by atoms with E-state index >= 15 is 0 Å². The van der Waals surface area contributed by atoms with Crippen molar-refractivity contribution in [3.63, 3.8) is 0 Å². The predicted octanol–water partition coefficient (Wildman–Crippen LogP) is 5.73. The van der Waals surface area contributed by atoms with Gasteiger partial charge in [-0.1, -0.05) is 57.2 Å². The van der Waals surface area contributed by atoms with E-state index in [0.29, 0.717) is 36.0 Å². The predicted molar refractivity (Wildman–Crippen MR) is 128 cm³/mol. The summed E-state index contributed by atoms with van der Waals surface area (Å²) in [4.78, 5) is 0. The first-order valence-electron chi connectivity index (χ1n) is 12.3. The lowest BCUT2D eigenvalue weighted by molar-refractivity contribution is 0.0436. The lowest BCUT2D eigenvalue weighted by Crippen LogP contribution is -2.35. The molecule has 31 heavy (non-hydrogen) atoms. The van der Waals surface area contributed by atoms with Crippen LogP contribution in [0, 0.1) is 29.1 Å². The Morgan fingerprint density at radius 3 is 2.52 bits per heavy atom. The molecule has 3 aliphatic carbocycles. The standard InChI is InChI=1S/C28H44O3/c1-18(9-10-19(2)27(4,5)31)24-13-14-25-21(8-7-15-28(24,25)6)11-12-22-16-23(29)17-26(30)20(22)3/h9-12,18-19,23-26,29-31H,3,7-8,13-17H2,1-2,4-6H3/b10-9+,21-11+,22-12-/t18-,19+,23+,24-,25-,26-,28+/m1/s1. The second-order valence-corrected chi connectivity index (χ2v) is 11.4. The SMILES string of the molecule is C=C1/C(=C\C=C2/CCC[C@]3(C)[C@@H]2CC[C@@H]3[C@H](C)/C=C/[C@H](C)C(C)(C)O)C[C@H](O)C[C@H]1O. The van der Waals surface area contributed by atoms with E-state index in [0.717, 1.165) is 17.6 Å². The highest BCUT2D eigenvalue weighted by atomic mass is 16.3. The molecule has 3 heteroatoms. The van der Waals surface area contributed by atoms with Gasteiger partial charge in [0.1, 0.15) is 0 Å². The van der Waals surface area contributed by atoms with Crippen molar-refractivity contribution in [2.75, 3.05) is 0 Å². The lowest BCUT2D eigenvalue weighted by Gasteiger charge is -2.44. The van der Waals surface area contributed by atoms with E-state index in [4.69, 9.17) is 0 Å². The molecule has 0 aromatic rings. The van der Waals surface area contributed by atoms with E-state index in [1.54, 1.807) is 0 Å². The van der Waals surface area contributed by atoms with Gasteiger partial charge in [0, 0.05) is 12.3 Å². The molecule has 0 aromatic carbocycles. The average Bonchev–Trinajstić information content (AvgIpc) is 3.04. The Labute approximate surface area is 189 Å². The number of aliphatic hydroxyl groups excluding tert-OH is 2. The topological polar surface area (TPSA) is 60.7 Å². The summed E-state index contributed by atoms with van der Waals surface area (Å²) in [5.41, 5.74) is 2.93. The molecule has 3 nitrogen and oxygen atoms in total. The van der Waals surface area contributed by atoms with Crippen LogP contribution in [0.25, 0.3) is 0 Å². The van der Waals surface area contributed by atoms with Crippen molar-refractivity contribution in [2.45, 2.75) is 97.4 Å². The molecule has 0 unspecified atom stereocenters. The number of rotatable bonds is 5. The molecule has 0 aromatic heterocycles. The Kier molecular flexibility index (Phi) is 7.40. The third-order valence-electron chi connectivity index (χ3n) is 8.75. The lowest BCUT2D eigenvalue weighted by atomic mass is 9.61. The average molecular weight is 429 g/mol. The molecule has 3 N–H and O–H groups in total. The molecule has 3 saturated carbocycles. The molecule has 0 bridgehead atoms. The normalized spacial score (nSPS) is 39.3. The third-order valence-corrected chi connectivity index (χ3v) is 8.75. The molecule has 0 radical (unpaired) electrons. The van der Waals surface area contributed by atoms with Crippen LogP contribution in [0.4, 0.5) is 0 Å². The number of fused-ring (bicyclic) bond motifs is 1. The summed E-state index contributed by atoms with van der Waals surface area (Å²) >= 11 is 0. The summed E-state index contributed by atoms with van der Waals surface area (Å²) < 4.78 is 0. The largest absolute Gasteiger partial charge is 0.393 e. The molecule has 7 atom stereocenters. The van der Waals surface area contributed by atoms with Gasteiger partial charge < -0.3 is 15.3 Å². The van der Waals surface area contributed by atoms with Crippen LogP contribution in [-0.2, 0) is 0 Å². The number of aliphatic hydroxyl groups is 3. The van der Waals surface area contributed by atoms with Crippen molar-refractivity contribution in [3.8, 4) is 0 Å². The van der Waals surface area contributed by atoms with Crippen molar-refractivity contribution < 1.29 is 15.3 Å². The van der Waals surface area contributed by atoms with Gasteiger partial charge in [0.05, 0.1) is 17.8 Å². The van der Waals surface area contributed by atoms with Crippen molar-refractivity contribution in [2.24, 2.45) is 29.1 Å². The van der Waals surface area contributed by atoms with Crippen LogP contribution in [0.15, 0.2) is 47.6 Å². The fourth-order valence-corrected chi connectivity index (χ4v) is 6.32. The highest BCUT2D eigenvalue weighted by Crippen LogP contribution is 2.59. The zero-order valence-corrected chi connectivity index (χ0v) is 20.3. The van der Waals surface area contributed by atoms with Crippen LogP contribution >= 0.6 is 0 Å². The van der Waals surface area contributed by atoms with E-state index in [1.807, 2.05) is 13.8 Å². The zero-order chi connectivity index (χ0) is 23.0. The molecule has 0 amide bonds. The monoisotopic (exact) mass is 428 g/mol. The van der Waals surface area contributed by atoms with Gasteiger partial charge in [0.15, 0.2) is 0 Å². The summed E-state index contributed by atoms with van der Waals surface area (Å²) in [6.45, 7) is 14.7. The third kappa shape index (κ3) is 5.26. The van der Waals surface area contributed by atoms with Crippen LogP contribution in [0.5, 0.6) is 0 Å². The molecule has 0 heterocycles. The van der Waals surface area contributed by atoms with Gasteiger partial charge in [-0.05, 0) is 86.7 Å². The summed E-state index contributed by atoms with van der Waals surface area (Å²) in [5, 5.41) is 30.4. The molecular weight excluding hydrogens is 384 g/mol. The molecule has 3 fully saturated rings. The Hall–Kier alpha value is -1.16. The Morgan fingerprint density at radius 1 is 1.13 bits per heavy atom. The molecule has 0 spiro atoms. The van der Waals surface area contributed by atoms with E-state index in [2.05, 4.69) is 51.7 Å². The second-order valence-electron chi connectivity index (χ2n) is 11.4. The Morgan fingerprint density at radius 2 is 1.84 bits per heavy atom.